The van der Waals surface area contributed by atoms with E-state index in [1.807, 2.05) is 18.9 Å². The molecule has 1 rings (SSSR count). The van der Waals surface area contributed by atoms with Gasteiger partial charge in [-0.15, -0.1) is 0 Å². The number of hydrogen-bond acceptors (Lipinski definition) is 4. The predicted octanol–water partition coefficient (Wildman–Crippen LogP) is 2.74. The molecule has 1 aromatic heterocycles. The Hall–Kier alpha value is -1.34. The summed E-state index contributed by atoms with van der Waals surface area (Å²) in [7, 11) is 1.92. The molecule has 1 heterocycles. The molecule has 0 spiro atoms. The topological polar surface area (TPSA) is 52.8 Å². The molecule has 0 aromatic carbocycles. The molecule has 0 saturated heterocycles. The van der Waals surface area contributed by atoms with E-state index >= 15 is 0 Å². The fraction of sp³-hybridized carbons (Fsp3) is 0.583. The number of nitriles is 1. The Morgan fingerprint density at radius 3 is 2.71 bits per heavy atom. The van der Waals surface area contributed by atoms with Crippen LogP contribution in [0, 0.1) is 18.3 Å². The molecule has 0 radical (unpaired) electrons. The van der Waals surface area contributed by atoms with Crippen molar-refractivity contribution in [2.45, 2.75) is 33.1 Å². The molecule has 0 saturated carbocycles. The van der Waals surface area contributed by atoms with Crippen LogP contribution < -0.4 is 4.90 Å². The van der Waals surface area contributed by atoms with Crippen molar-refractivity contribution >= 4 is 17.4 Å². The first-order valence-electron chi connectivity index (χ1n) is 5.71. The second-order valence-corrected chi connectivity index (χ2v) is 4.32. The summed E-state index contributed by atoms with van der Waals surface area (Å²) >= 11 is 6.09. The van der Waals surface area contributed by atoms with Gasteiger partial charge in [0.25, 0.3) is 0 Å². The van der Waals surface area contributed by atoms with Gasteiger partial charge in [0, 0.05) is 25.6 Å². The molecule has 0 bridgehead atoms. The molecule has 0 N–H and O–H groups in total. The van der Waals surface area contributed by atoms with Crippen LogP contribution in [-0.4, -0.2) is 23.6 Å². The Labute approximate surface area is 107 Å². The van der Waals surface area contributed by atoms with Gasteiger partial charge in [0.2, 0.25) is 0 Å². The van der Waals surface area contributed by atoms with E-state index in [-0.39, 0.29) is 0 Å². The van der Waals surface area contributed by atoms with Crippen molar-refractivity contribution in [2.75, 3.05) is 18.5 Å². The van der Waals surface area contributed by atoms with E-state index in [2.05, 4.69) is 23.0 Å². The molecule has 0 aliphatic carbocycles. The van der Waals surface area contributed by atoms with E-state index < -0.39 is 0 Å². The van der Waals surface area contributed by atoms with Crippen LogP contribution in [0.1, 0.15) is 31.2 Å². The van der Waals surface area contributed by atoms with Crippen LogP contribution in [0.5, 0.6) is 0 Å². The van der Waals surface area contributed by atoms with Gasteiger partial charge in [-0.3, -0.25) is 0 Å². The summed E-state index contributed by atoms with van der Waals surface area (Å²) in [5.74, 6) is 1.59. The van der Waals surface area contributed by atoms with Gasteiger partial charge in [-0.05, 0) is 13.3 Å². The predicted molar refractivity (Wildman–Crippen MR) is 69.3 cm³/mol. The Bertz CT molecular complexity index is 425. The van der Waals surface area contributed by atoms with Crippen LogP contribution in [0.2, 0.25) is 5.15 Å². The summed E-state index contributed by atoms with van der Waals surface area (Å²) in [4.78, 5) is 10.7. The van der Waals surface area contributed by atoms with Crippen molar-refractivity contribution in [3.05, 3.63) is 16.5 Å². The van der Waals surface area contributed by atoms with Gasteiger partial charge in [0.1, 0.15) is 16.8 Å². The van der Waals surface area contributed by atoms with Gasteiger partial charge in [-0.2, -0.15) is 5.26 Å². The van der Waals surface area contributed by atoms with Crippen molar-refractivity contribution in [1.29, 1.82) is 5.26 Å². The molecule has 0 aliphatic rings. The van der Waals surface area contributed by atoms with Gasteiger partial charge in [-0.1, -0.05) is 18.5 Å². The second kappa shape index (κ2) is 6.41. The highest BCUT2D eigenvalue weighted by Crippen LogP contribution is 2.23. The Morgan fingerprint density at radius 2 is 2.12 bits per heavy atom. The van der Waals surface area contributed by atoms with Gasteiger partial charge >= 0.3 is 0 Å². The fourth-order valence-electron chi connectivity index (χ4n) is 1.55. The van der Waals surface area contributed by atoms with Crippen LogP contribution in [0.4, 0.5) is 5.82 Å². The quantitative estimate of drug-likeness (QED) is 0.756. The maximum Gasteiger partial charge on any atom is 0.137 e. The van der Waals surface area contributed by atoms with Crippen LogP contribution in [0.15, 0.2) is 0 Å². The maximum absolute atomic E-state index is 8.59. The zero-order chi connectivity index (χ0) is 12.8. The highest BCUT2D eigenvalue weighted by atomic mass is 35.5. The number of halogens is 1. The maximum atomic E-state index is 8.59. The first-order valence-corrected chi connectivity index (χ1v) is 6.09. The Kier molecular flexibility index (Phi) is 5.17. The normalized spacial score (nSPS) is 10.1. The number of aryl methyl sites for hydroxylation is 1. The third-order valence-electron chi connectivity index (χ3n) is 2.50. The molecule has 92 valence electrons. The smallest absolute Gasteiger partial charge is 0.137 e. The summed E-state index contributed by atoms with van der Waals surface area (Å²) in [6, 6.07) is 2.12. The first kappa shape index (κ1) is 13.7. The van der Waals surface area contributed by atoms with Crippen LogP contribution in [-0.2, 0) is 6.42 Å². The van der Waals surface area contributed by atoms with Gasteiger partial charge in [0.15, 0.2) is 0 Å². The van der Waals surface area contributed by atoms with E-state index in [4.69, 9.17) is 16.9 Å². The molecule has 0 unspecified atom stereocenters. The first-order chi connectivity index (χ1) is 8.10. The largest absolute Gasteiger partial charge is 0.358 e. The van der Waals surface area contributed by atoms with E-state index in [0.29, 0.717) is 18.1 Å². The minimum atomic E-state index is 0.473. The Balaban J connectivity index is 3.00. The summed E-state index contributed by atoms with van der Waals surface area (Å²) in [5, 5.41) is 9.09. The monoisotopic (exact) mass is 252 g/mol. The molecule has 0 atom stereocenters. The van der Waals surface area contributed by atoms with Crippen molar-refractivity contribution < 1.29 is 0 Å². The molecule has 0 aliphatic heterocycles. The van der Waals surface area contributed by atoms with Crippen LogP contribution >= 0.6 is 11.6 Å². The lowest BCUT2D eigenvalue weighted by molar-refractivity contribution is 0.805. The third-order valence-corrected chi connectivity index (χ3v) is 2.87. The van der Waals surface area contributed by atoms with Gasteiger partial charge < -0.3 is 4.90 Å². The number of aromatic nitrogens is 2. The van der Waals surface area contributed by atoms with Gasteiger partial charge in [0.05, 0.1) is 12.5 Å². The highest BCUT2D eigenvalue weighted by Gasteiger charge is 2.12. The van der Waals surface area contributed by atoms with Crippen molar-refractivity contribution in [3.63, 3.8) is 0 Å². The van der Waals surface area contributed by atoms with E-state index in [1.165, 1.54) is 0 Å². The Morgan fingerprint density at radius 1 is 1.41 bits per heavy atom. The summed E-state index contributed by atoms with van der Waals surface area (Å²) < 4.78 is 0. The average molecular weight is 253 g/mol. The van der Waals surface area contributed by atoms with E-state index in [1.54, 1.807) is 0 Å². The molecular formula is C12H17ClN4. The summed E-state index contributed by atoms with van der Waals surface area (Å²) in [5.41, 5.74) is 0.868. The van der Waals surface area contributed by atoms with Crippen molar-refractivity contribution in [2.24, 2.45) is 0 Å². The van der Waals surface area contributed by atoms with Crippen LogP contribution in [0.3, 0.4) is 0 Å². The standard InChI is InChI=1S/C12H17ClN4/c1-4-6-10-15-11(13)9(2)12(16-10)17(3)8-5-7-14/h4-6,8H2,1-3H3. The second-order valence-electron chi connectivity index (χ2n) is 3.96. The molecule has 0 fully saturated rings. The lowest BCUT2D eigenvalue weighted by Crippen LogP contribution is -2.21. The highest BCUT2D eigenvalue weighted by molar-refractivity contribution is 6.30. The minimum Gasteiger partial charge on any atom is -0.358 e. The molecule has 5 heteroatoms. The summed E-state index contributed by atoms with van der Waals surface area (Å²) in [6.45, 7) is 4.63. The van der Waals surface area contributed by atoms with Crippen molar-refractivity contribution in [1.82, 2.24) is 9.97 Å². The average Bonchev–Trinajstić information content (AvgIpc) is 2.30. The number of anilines is 1. The molecule has 0 amide bonds. The SMILES string of the molecule is CCCc1nc(Cl)c(C)c(N(C)CCC#N)n1. The minimum absolute atomic E-state index is 0.473. The van der Waals surface area contributed by atoms with Crippen LogP contribution in [0.25, 0.3) is 0 Å². The van der Waals surface area contributed by atoms with E-state index in [9.17, 15) is 0 Å². The number of hydrogen-bond donors (Lipinski definition) is 0. The summed E-state index contributed by atoms with van der Waals surface area (Å²) in [6.07, 6.45) is 2.28. The lowest BCUT2D eigenvalue weighted by atomic mass is 10.2. The molecule has 4 nitrogen and oxygen atoms in total. The number of nitrogens with zero attached hydrogens (tertiary/aromatic N) is 4. The third kappa shape index (κ3) is 3.57. The molecule has 1 aromatic rings. The molecular weight excluding hydrogens is 236 g/mol. The zero-order valence-corrected chi connectivity index (χ0v) is 11.3. The van der Waals surface area contributed by atoms with Gasteiger partial charge in [-0.25, -0.2) is 9.97 Å². The van der Waals surface area contributed by atoms with Crippen molar-refractivity contribution in [3.8, 4) is 6.07 Å². The lowest BCUT2D eigenvalue weighted by Gasteiger charge is -2.19. The fourth-order valence-corrected chi connectivity index (χ4v) is 1.73. The van der Waals surface area contributed by atoms with E-state index in [0.717, 1.165) is 30.0 Å². The number of rotatable bonds is 5. The molecule has 17 heavy (non-hydrogen) atoms. The zero-order valence-electron chi connectivity index (χ0n) is 10.5.